The molecule has 5 nitrogen and oxygen atoms in total. The SMILES string of the molecule is CCOC(=O)Cc1csc(SCC(=O)Nc2cc(Cl)ccc2F)n1. The van der Waals surface area contributed by atoms with Crippen LogP contribution in [0.2, 0.25) is 5.02 Å². The molecule has 1 N–H and O–H groups in total. The van der Waals surface area contributed by atoms with Gasteiger partial charge in [-0.05, 0) is 25.1 Å². The molecule has 9 heteroatoms. The van der Waals surface area contributed by atoms with Crippen molar-refractivity contribution in [1.29, 1.82) is 0 Å². The fraction of sp³-hybridized carbons (Fsp3) is 0.267. The van der Waals surface area contributed by atoms with Gasteiger partial charge in [-0.25, -0.2) is 9.37 Å². The lowest BCUT2D eigenvalue weighted by Crippen LogP contribution is -2.15. The molecule has 2 rings (SSSR count). The van der Waals surface area contributed by atoms with Crippen LogP contribution in [0.1, 0.15) is 12.6 Å². The van der Waals surface area contributed by atoms with Crippen molar-refractivity contribution in [2.75, 3.05) is 17.7 Å². The normalized spacial score (nSPS) is 10.5. The molecule has 0 aliphatic rings. The molecule has 0 aliphatic carbocycles. The minimum absolute atomic E-state index is 0.0373. The van der Waals surface area contributed by atoms with Gasteiger partial charge in [0.1, 0.15) is 5.82 Å². The first kappa shape index (κ1) is 18.7. The molecule has 0 saturated heterocycles. The summed E-state index contributed by atoms with van der Waals surface area (Å²) in [5.74, 6) is -1.20. The van der Waals surface area contributed by atoms with Crippen molar-refractivity contribution in [2.45, 2.75) is 17.7 Å². The van der Waals surface area contributed by atoms with Gasteiger partial charge in [-0.3, -0.25) is 9.59 Å². The Morgan fingerprint density at radius 3 is 3.00 bits per heavy atom. The van der Waals surface area contributed by atoms with Crippen LogP contribution in [-0.4, -0.2) is 29.2 Å². The summed E-state index contributed by atoms with van der Waals surface area (Å²) in [6.45, 7) is 2.06. The molecule has 1 amide bonds. The van der Waals surface area contributed by atoms with Crippen molar-refractivity contribution in [2.24, 2.45) is 0 Å². The van der Waals surface area contributed by atoms with Crippen LogP contribution in [0.4, 0.5) is 10.1 Å². The highest BCUT2D eigenvalue weighted by molar-refractivity contribution is 8.01. The number of nitrogens with zero attached hydrogens (tertiary/aromatic N) is 1. The number of nitrogens with one attached hydrogen (secondary N) is 1. The average Bonchev–Trinajstić information content (AvgIpc) is 2.96. The number of thiazole rings is 1. The van der Waals surface area contributed by atoms with Gasteiger partial charge in [0.25, 0.3) is 0 Å². The lowest BCUT2D eigenvalue weighted by atomic mass is 10.3. The van der Waals surface area contributed by atoms with E-state index in [1.807, 2.05) is 0 Å². The first-order chi connectivity index (χ1) is 11.5. The number of thioether (sulfide) groups is 1. The Labute approximate surface area is 151 Å². The zero-order chi connectivity index (χ0) is 17.5. The quantitative estimate of drug-likeness (QED) is 0.577. The highest BCUT2D eigenvalue weighted by atomic mass is 35.5. The van der Waals surface area contributed by atoms with Crippen molar-refractivity contribution in [3.05, 3.63) is 40.1 Å². The summed E-state index contributed by atoms with van der Waals surface area (Å²) in [5, 5.41) is 4.54. The highest BCUT2D eigenvalue weighted by Crippen LogP contribution is 2.24. The summed E-state index contributed by atoms with van der Waals surface area (Å²) in [5.41, 5.74) is 0.637. The standard InChI is InChI=1S/C15H14ClFN2O3S2/c1-2-22-14(21)6-10-7-23-15(18-10)24-8-13(20)19-12-5-9(16)3-4-11(12)17/h3-5,7H,2,6,8H2,1H3,(H,19,20). The van der Waals surface area contributed by atoms with E-state index in [9.17, 15) is 14.0 Å². The van der Waals surface area contributed by atoms with Crippen LogP contribution in [-0.2, 0) is 20.7 Å². The number of amides is 1. The van der Waals surface area contributed by atoms with Gasteiger partial charge in [0, 0.05) is 10.4 Å². The Bertz CT molecular complexity index is 739. The van der Waals surface area contributed by atoms with Crippen LogP contribution in [0.5, 0.6) is 0 Å². The Morgan fingerprint density at radius 2 is 2.25 bits per heavy atom. The molecule has 0 atom stereocenters. The molecule has 2 aromatic rings. The topological polar surface area (TPSA) is 68.3 Å². The summed E-state index contributed by atoms with van der Waals surface area (Å²) >= 11 is 8.31. The van der Waals surface area contributed by atoms with Crippen molar-refractivity contribution < 1.29 is 18.7 Å². The first-order valence-corrected chi connectivity index (χ1v) is 9.20. The molecule has 0 fully saturated rings. The van der Waals surface area contributed by atoms with Gasteiger partial charge in [0.05, 0.1) is 30.2 Å². The number of hydrogen-bond donors (Lipinski definition) is 1. The number of rotatable bonds is 7. The second-order valence-corrected chi connectivity index (χ2v) is 7.06. The number of ether oxygens (including phenoxy) is 1. The van der Waals surface area contributed by atoms with Crippen LogP contribution in [0.25, 0.3) is 0 Å². The van der Waals surface area contributed by atoms with Gasteiger partial charge in [-0.15, -0.1) is 11.3 Å². The van der Waals surface area contributed by atoms with E-state index < -0.39 is 5.82 Å². The van der Waals surface area contributed by atoms with E-state index in [0.717, 1.165) is 0 Å². The number of carbonyl (C=O) groups is 2. The molecule has 0 spiro atoms. The highest BCUT2D eigenvalue weighted by Gasteiger charge is 2.12. The molecule has 1 aromatic carbocycles. The minimum atomic E-state index is -0.552. The van der Waals surface area contributed by atoms with Gasteiger partial charge in [-0.2, -0.15) is 0 Å². The lowest BCUT2D eigenvalue weighted by molar-refractivity contribution is -0.142. The van der Waals surface area contributed by atoms with Gasteiger partial charge in [0.15, 0.2) is 4.34 Å². The predicted octanol–water partition coefficient (Wildman–Crippen LogP) is 3.77. The van der Waals surface area contributed by atoms with Crippen LogP contribution >= 0.6 is 34.7 Å². The predicted molar refractivity (Wildman–Crippen MR) is 93.2 cm³/mol. The molecule has 0 unspecified atom stereocenters. The van der Waals surface area contributed by atoms with E-state index in [0.29, 0.717) is 21.7 Å². The van der Waals surface area contributed by atoms with Gasteiger partial charge in [-0.1, -0.05) is 23.4 Å². The average molecular weight is 389 g/mol. The van der Waals surface area contributed by atoms with Gasteiger partial charge < -0.3 is 10.1 Å². The zero-order valence-electron chi connectivity index (χ0n) is 12.7. The molecular weight excluding hydrogens is 375 g/mol. The Hall–Kier alpha value is -1.64. The third kappa shape index (κ3) is 5.77. The minimum Gasteiger partial charge on any atom is -0.466 e. The smallest absolute Gasteiger partial charge is 0.311 e. The van der Waals surface area contributed by atoms with E-state index in [1.54, 1.807) is 12.3 Å². The summed E-state index contributed by atoms with van der Waals surface area (Å²) < 4.78 is 19.0. The lowest BCUT2D eigenvalue weighted by Gasteiger charge is -2.06. The maximum Gasteiger partial charge on any atom is 0.311 e. The number of aromatic nitrogens is 1. The third-order valence-corrected chi connectivity index (χ3v) is 5.00. The number of hydrogen-bond acceptors (Lipinski definition) is 6. The molecule has 0 saturated carbocycles. The number of anilines is 1. The molecule has 1 heterocycles. The monoisotopic (exact) mass is 388 g/mol. The van der Waals surface area contributed by atoms with E-state index in [4.69, 9.17) is 16.3 Å². The Balaban J connectivity index is 1.85. The van der Waals surface area contributed by atoms with E-state index >= 15 is 0 Å². The van der Waals surface area contributed by atoms with Crippen molar-refractivity contribution in [3.63, 3.8) is 0 Å². The van der Waals surface area contributed by atoms with Crippen LogP contribution in [0.3, 0.4) is 0 Å². The van der Waals surface area contributed by atoms with Crippen LogP contribution in [0.15, 0.2) is 27.9 Å². The maximum absolute atomic E-state index is 13.5. The van der Waals surface area contributed by atoms with Gasteiger partial charge in [0.2, 0.25) is 5.91 Å². The summed E-state index contributed by atoms with van der Waals surface area (Å²) in [4.78, 5) is 27.5. The van der Waals surface area contributed by atoms with Crippen LogP contribution in [0, 0.1) is 5.82 Å². The van der Waals surface area contributed by atoms with Crippen molar-refractivity contribution in [3.8, 4) is 0 Å². The molecule has 0 aliphatic heterocycles. The first-order valence-electron chi connectivity index (χ1n) is 6.95. The third-order valence-electron chi connectivity index (χ3n) is 2.69. The molecule has 1 aromatic heterocycles. The largest absolute Gasteiger partial charge is 0.466 e. The van der Waals surface area contributed by atoms with Crippen molar-refractivity contribution >= 4 is 52.3 Å². The van der Waals surface area contributed by atoms with E-state index in [2.05, 4.69) is 10.3 Å². The number of carbonyl (C=O) groups excluding carboxylic acids is 2. The molecule has 24 heavy (non-hydrogen) atoms. The summed E-state index contributed by atoms with van der Waals surface area (Å²) in [7, 11) is 0. The second kappa shape index (κ2) is 9.00. The molecule has 128 valence electrons. The number of esters is 1. The van der Waals surface area contributed by atoms with E-state index in [-0.39, 0.29) is 29.7 Å². The van der Waals surface area contributed by atoms with E-state index in [1.165, 1.54) is 41.3 Å². The Kier molecular flexibility index (Phi) is 7.01. The molecule has 0 bridgehead atoms. The summed E-state index contributed by atoms with van der Waals surface area (Å²) in [6.07, 6.45) is 0.102. The number of benzene rings is 1. The van der Waals surface area contributed by atoms with Gasteiger partial charge >= 0.3 is 5.97 Å². The molecule has 0 radical (unpaired) electrons. The fourth-order valence-corrected chi connectivity index (χ4v) is 3.52. The number of halogens is 2. The molecular formula is C15H14ClFN2O3S2. The van der Waals surface area contributed by atoms with Crippen LogP contribution < -0.4 is 5.32 Å². The zero-order valence-corrected chi connectivity index (χ0v) is 15.1. The summed E-state index contributed by atoms with van der Waals surface area (Å²) in [6, 6.07) is 3.94. The maximum atomic E-state index is 13.5. The van der Waals surface area contributed by atoms with Crippen molar-refractivity contribution in [1.82, 2.24) is 4.98 Å². The second-order valence-electron chi connectivity index (χ2n) is 4.55. The fourth-order valence-electron chi connectivity index (χ4n) is 1.70. The Morgan fingerprint density at radius 1 is 1.46 bits per heavy atom.